The zero-order chi connectivity index (χ0) is 16.2. The van der Waals surface area contributed by atoms with Crippen molar-refractivity contribution in [1.29, 1.82) is 0 Å². The number of carbonyl (C=O) groups is 1. The first-order chi connectivity index (χ1) is 9.73. The number of hydrogen-bond donors (Lipinski definition) is 1. The zero-order valence-electron chi connectivity index (χ0n) is 14.5. The molecule has 1 amide bonds. The van der Waals surface area contributed by atoms with Crippen LogP contribution in [0.25, 0.3) is 0 Å². The van der Waals surface area contributed by atoms with E-state index in [1.165, 1.54) is 0 Å². The minimum Gasteiger partial charge on any atom is -0.342 e. The van der Waals surface area contributed by atoms with Crippen LogP contribution >= 0.6 is 12.4 Å². The quantitative estimate of drug-likeness (QED) is 0.871. The molecule has 6 heteroatoms. The summed E-state index contributed by atoms with van der Waals surface area (Å²) in [5.74, 6) is 1.27. The molecule has 0 radical (unpaired) electrons. The van der Waals surface area contributed by atoms with Gasteiger partial charge in [0.25, 0.3) is 5.91 Å². The molecule has 0 fully saturated rings. The highest BCUT2D eigenvalue weighted by atomic mass is 35.5. The number of halogens is 1. The largest absolute Gasteiger partial charge is 0.342 e. The third kappa shape index (κ3) is 5.54. The molecule has 0 aromatic carbocycles. The summed E-state index contributed by atoms with van der Waals surface area (Å²) in [5, 5.41) is 0. The van der Waals surface area contributed by atoms with Crippen LogP contribution < -0.4 is 5.73 Å². The molecule has 2 N–H and O–H groups in total. The molecule has 1 atom stereocenters. The van der Waals surface area contributed by atoms with Crippen molar-refractivity contribution in [3.8, 4) is 0 Å². The van der Waals surface area contributed by atoms with Crippen LogP contribution in [-0.2, 0) is 0 Å². The Morgan fingerprint density at radius 3 is 2.41 bits per heavy atom. The highest BCUT2D eigenvalue weighted by molar-refractivity contribution is 5.95. The second-order valence-corrected chi connectivity index (χ2v) is 6.29. The minimum absolute atomic E-state index is 0. The first kappa shape index (κ1) is 20.8. The maximum atomic E-state index is 12.6. The summed E-state index contributed by atoms with van der Waals surface area (Å²) in [6, 6.07) is 0.110. The minimum atomic E-state index is -0.0327. The van der Waals surface area contributed by atoms with Crippen LogP contribution in [0, 0.1) is 12.8 Å². The molecule has 126 valence electrons. The Labute approximate surface area is 140 Å². The molecule has 0 spiro atoms. The van der Waals surface area contributed by atoms with Crippen molar-refractivity contribution in [2.24, 2.45) is 11.7 Å². The van der Waals surface area contributed by atoms with Crippen molar-refractivity contribution < 1.29 is 4.79 Å². The molecule has 1 unspecified atom stereocenters. The smallest absolute Gasteiger partial charge is 0.257 e. The average molecular weight is 329 g/mol. The Morgan fingerprint density at radius 1 is 1.32 bits per heavy atom. The van der Waals surface area contributed by atoms with Gasteiger partial charge in [-0.05, 0) is 25.2 Å². The van der Waals surface area contributed by atoms with E-state index in [-0.39, 0.29) is 30.3 Å². The zero-order valence-corrected chi connectivity index (χ0v) is 15.3. The van der Waals surface area contributed by atoms with E-state index in [1.54, 1.807) is 18.1 Å². The molecular weight excluding hydrogens is 300 g/mol. The van der Waals surface area contributed by atoms with Crippen LogP contribution in [0.4, 0.5) is 0 Å². The second-order valence-electron chi connectivity index (χ2n) is 6.29. The van der Waals surface area contributed by atoms with E-state index in [1.807, 2.05) is 20.8 Å². The number of rotatable bonds is 6. The number of carbonyl (C=O) groups excluding carboxylic acids is 1. The molecule has 5 nitrogen and oxygen atoms in total. The molecule has 1 aromatic heterocycles. The molecule has 0 aliphatic rings. The monoisotopic (exact) mass is 328 g/mol. The number of nitrogens with zero attached hydrogens (tertiary/aromatic N) is 3. The fourth-order valence-corrected chi connectivity index (χ4v) is 2.08. The highest BCUT2D eigenvalue weighted by Gasteiger charge is 2.20. The maximum Gasteiger partial charge on any atom is 0.257 e. The van der Waals surface area contributed by atoms with Crippen molar-refractivity contribution in [1.82, 2.24) is 14.9 Å². The van der Waals surface area contributed by atoms with Gasteiger partial charge >= 0.3 is 0 Å². The van der Waals surface area contributed by atoms with Gasteiger partial charge in [0, 0.05) is 25.8 Å². The summed E-state index contributed by atoms with van der Waals surface area (Å²) < 4.78 is 0. The number of hydrogen-bond acceptors (Lipinski definition) is 4. The van der Waals surface area contributed by atoms with Crippen molar-refractivity contribution in [2.75, 3.05) is 13.6 Å². The van der Waals surface area contributed by atoms with Gasteiger partial charge in [-0.2, -0.15) is 0 Å². The molecule has 0 aliphatic heterocycles. The summed E-state index contributed by atoms with van der Waals surface area (Å²) in [4.78, 5) is 22.9. The van der Waals surface area contributed by atoms with Gasteiger partial charge in [0.05, 0.1) is 11.3 Å². The fraction of sp³-hybridized carbons (Fsp3) is 0.688. The van der Waals surface area contributed by atoms with Crippen molar-refractivity contribution in [3.05, 3.63) is 23.3 Å². The summed E-state index contributed by atoms with van der Waals surface area (Å²) in [7, 11) is 1.80. The lowest BCUT2D eigenvalue weighted by Gasteiger charge is -2.22. The molecule has 1 heterocycles. The Bertz CT molecular complexity index is 491. The van der Waals surface area contributed by atoms with E-state index < -0.39 is 0 Å². The van der Waals surface area contributed by atoms with Crippen LogP contribution in [0.2, 0.25) is 0 Å². The van der Waals surface area contributed by atoms with E-state index in [9.17, 15) is 4.79 Å². The summed E-state index contributed by atoms with van der Waals surface area (Å²) in [6.45, 7) is 10.7. The third-order valence-corrected chi connectivity index (χ3v) is 3.72. The summed E-state index contributed by atoms with van der Waals surface area (Å²) in [5.41, 5.74) is 7.45. The second kappa shape index (κ2) is 9.06. The summed E-state index contributed by atoms with van der Waals surface area (Å²) in [6.07, 6.45) is 2.43. The SMILES string of the molecule is Cc1ncc(C(=O)N(C)CCC(N)C(C)C)c(C(C)C)n1.Cl. The molecule has 1 rings (SSSR count). The van der Waals surface area contributed by atoms with Gasteiger partial charge in [0.15, 0.2) is 0 Å². The topological polar surface area (TPSA) is 72.1 Å². The van der Waals surface area contributed by atoms with Crippen LogP contribution in [0.15, 0.2) is 6.20 Å². The first-order valence-electron chi connectivity index (χ1n) is 7.58. The predicted octanol–water partition coefficient (Wildman–Crippen LogP) is 2.78. The van der Waals surface area contributed by atoms with Crippen LogP contribution in [0.5, 0.6) is 0 Å². The van der Waals surface area contributed by atoms with Crippen molar-refractivity contribution in [2.45, 2.75) is 53.0 Å². The molecule has 0 bridgehead atoms. The normalized spacial score (nSPS) is 12.2. The van der Waals surface area contributed by atoms with Crippen LogP contribution in [0.3, 0.4) is 0 Å². The average Bonchev–Trinajstić information content (AvgIpc) is 2.43. The van der Waals surface area contributed by atoms with Gasteiger partial charge in [-0.15, -0.1) is 12.4 Å². The van der Waals surface area contributed by atoms with Gasteiger partial charge in [-0.1, -0.05) is 27.7 Å². The van der Waals surface area contributed by atoms with Crippen LogP contribution in [-0.4, -0.2) is 40.4 Å². The van der Waals surface area contributed by atoms with Gasteiger partial charge in [0.1, 0.15) is 5.82 Å². The lowest BCUT2D eigenvalue weighted by atomic mass is 10.0. The highest BCUT2D eigenvalue weighted by Crippen LogP contribution is 2.18. The number of aryl methyl sites for hydroxylation is 1. The van der Waals surface area contributed by atoms with Crippen LogP contribution in [0.1, 0.15) is 61.9 Å². The van der Waals surface area contributed by atoms with E-state index in [0.29, 0.717) is 23.9 Å². The molecular formula is C16H29ClN4O. The molecule has 0 saturated carbocycles. The third-order valence-electron chi connectivity index (χ3n) is 3.72. The molecule has 0 aliphatic carbocycles. The van der Waals surface area contributed by atoms with E-state index in [0.717, 1.165) is 12.1 Å². The standard InChI is InChI=1S/C16H28N4O.ClH/c1-10(2)14(17)7-8-20(6)16(21)13-9-18-12(5)19-15(13)11(3)4;/h9-11,14H,7-8,17H2,1-6H3;1H. The van der Waals surface area contributed by atoms with Gasteiger partial charge in [-0.25, -0.2) is 9.97 Å². The Balaban J connectivity index is 0.00000441. The maximum absolute atomic E-state index is 12.6. The Hall–Kier alpha value is -1.20. The molecule has 1 aromatic rings. The van der Waals surface area contributed by atoms with Gasteiger partial charge < -0.3 is 10.6 Å². The first-order valence-corrected chi connectivity index (χ1v) is 7.58. The summed E-state index contributed by atoms with van der Waals surface area (Å²) >= 11 is 0. The van der Waals surface area contributed by atoms with E-state index in [2.05, 4.69) is 23.8 Å². The van der Waals surface area contributed by atoms with E-state index in [4.69, 9.17) is 5.73 Å². The lowest BCUT2D eigenvalue weighted by molar-refractivity contribution is 0.0786. The predicted molar refractivity (Wildman–Crippen MR) is 92.5 cm³/mol. The number of aromatic nitrogens is 2. The van der Waals surface area contributed by atoms with Gasteiger partial charge in [-0.3, -0.25) is 4.79 Å². The van der Waals surface area contributed by atoms with Crippen molar-refractivity contribution >= 4 is 18.3 Å². The molecule has 22 heavy (non-hydrogen) atoms. The Morgan fingerprint density at radius 2 is 1.91 bits per heavy atom. The number of nitrogens with two attached hydrogens (primary N) is 1. The van der Waals surface area contributed by atoms with Crippen molar-refractivity contribution in [3.63, 3.8) is 0 Å². The number of amides is 1. The Kier molecular flexibility index (Phi) is 8.56. The fourth-order valence-electron chi connectivity index (χ4n) is 2.08. The van der Waals surface area contributed by atoms with E-state index >= 15 is 0 Å². The lowest BCUT2D eigenvalue weighted by Crippen LogP contribution is -2.35. The molecule has 0 saturated heterocycles. The van der Waals surface area contributed by atoms with Gasteiger partial charge in [0.2, 0.25) is 0 Å².